The number of anilines is 3. The Kier molecular flexibility index (Phi) is 8.00. The molecule has 0 fully saturated rings. The lowest BCUT2D eigenvalue weighted by atomic mass is 10.0. The number of hydrogen-bond acceptors (Lipinski definition) is 5. The van der Waals surface area contributed by atoms with Gasteiger partial charge in [-0.15, -0.1) is 11.3 Å². The van der Waals surface area contributed by atoms with Crippen LogP contribution in [0.25, 0.3) is 98.0 Å². The summed E-state index contributed by atoms with van der Waals surface area (Å²) in [4.78, 5) is 7.43. The zero-order valence-corrected chi connectivity index (χ0v) is 33.1. The van der Waals surface area contributed by atoms with E-state index < -0.39 is 0 Å². The largest absolute Gasteiger partial charge is 0.456 e. The topological polar surface area (TPSA) is 42.4 Å². The van der Waals surface area contributed by atoms with Crippen molar-refractivity contribution >= 4 is 82.5 Å². The molecule has 0 amide bonds. The van der Waals surface area contributed by atoms with Crippen molar-refractivity contribution in [3.05, 3.63) is 206 Å². The summed E-state index contributed by atoms with van der Waals surface area (Å²) < 4.78 is 14.1. The van der Waals surface area contributed by atoms with Crippen molar-refractivity contribution < 1.29 is 8.83 Å². The van der Waals surface area contributed by atoms with Crippen LogP contribution in [0.4, 0.5) is 17.1 Å². The predicted octanol–water partition coefficient (Wildman–Crippen LogP) is 16.2. The third-order valence-electron chi connectivity index (χ3n) is 11.5. The lowest BCUT2D eigenvalue weighted by molar-refractivity contribution is 0.669. The van der Waals surface area contributed by atoms with E-state index in [4.69, 9.17) is 13.8 Å². The standard InChI is InChI=1S/C55H34N2O2S/c1-3-11-35(12-4-1)36-21-26-41(27-22-36)57(43-16-9-15-40(33-43)44-18-10-19-46-45-17-7-8-20-48(45)59-54(44)46)42-28-23-37(24-29-42)39-25-30-47-50(34-39)58-49-31-32-51-53(52(47)49)56-55(60-51)38-13-5-2-6-14-38/h1-34H. The van der Waals surface area contributed by atoms with E-state index in [2.05, 4.69) is 193 Å². The fourth-order valence-corrected chi connectivity index (χ4v) is 9.59. The molecule has 0 saturated carbocycles. The molecule has 3 heterocycles. The average molecular weight is 787 g/mol. The summed E-state index contributed by atoms with van der Waals surface area (Å²) in [5, 5.41) is 5.40. The number of thiazole rings is 1. The van der Waals surface area contributed by atoms with Gasteiger partial charge in [0.05, 0.1) is 15.6 Å². The Morgan fingerprint density at radius 3 is 1.80 bits per heavy atom. The second kappa shape index (κ2) is 14.0. The first-order valence-electron chi connectivity index (χ1n) is 20.1. The highest BCUT2D eigenvalue weighted by molar-refractivity contribution is 7.21. The van der Waals surface area contributed by atoms with Crippen LogP contribution in [0.1, 0.15) is 0 Å². The third-order valence-corrected chi connectivity index (χ3v) is 12.6. The van der Waals surface area contributed by atoms with Crippen molar-refractivity contribution in [2.24, 2.45) is 0 Å². The van der Waals surface area contributed by atoms with E-state index in [1.165, 1.54) is 11.1 Å². The minimum absolute atomic E-state index is 0.850. The molecule has 0 aliphatic carbocycles. The fraction of sp³-hybridized carbons (Fsp3) is 0. The van der Waals surface area contributed by atoms with Gasteiger partial charge in [0.1, 0.15) is 27.3 Å². The molecule has 0 saturated heterocycles. The quantitative estimate of drug-likeness (QED) is 0.161. The second-order valence-electron chi connectivity index (χ2n) is 15.1. The van der Waals surface area contributed by atoms with E-state index in [1.54, 1.807) is 11.3 Å². The molecule has 0 radical (unpaired) electrons. The lowest BCUT2D eigenvalue weighted by Crippen LogP contribution is -2.10. The third kappa shape index (κ3) is 5.78. The van der Waals surface area contributed by atoms with Crippen LogP contribution in [0, 0.1) is 0 Å². The molecule has 3 aromatic heterocycles. The van der Waals surface area contributed by atoms with Crippen LogP contribution < -0.4 is 4.90 Å². The van der Waals surface area contributed by atoms with Crippen molar-refractivity contribution in [2.75, 3.05) is 4.90 Å². The van der Waals surface area contributed by atoms with Crippen molar-refractivity contribution in [1.29, 1.82) is 0 Å². The van der Waals surface area contributed by atoms with Crippen molar-refractivity contribution in [2.45, 2.75) is 0 Å². The first kappa shape index (κ1) is 34.3. The molecule has 5 heteroatoms. The van der Waals surface area contributed by atoms with Gasteiger partial charge in [-0.2, -0.15) is 0 Å². The Balaban J connectivity index is 0.932. The van der Waals surface area contributed by atoms with E-state index in [0.29, 0.717) is 0 Å². The number of benzene rings is 9. The summed E-state index contributed by atoms with van der Waals surface area (Å²) in [5.74, 6) is 0. The summed E-state index contributed by atoms with van der Waals surface area (Å²) >= 11 is 1.72. The van der Waals surface area contributed by atoms with Gasteiger partial charge >= 0.3 is 0 Å². The maximum Gasteiger partial charge on any atom is 0.143 e. The molecule has 0 unspecified atom stereocenters. The highest BCUT2D eigenvalue weighted by Gasteiger charge is 2.19. The van der Waals surface area contributed by atoms with Gasteiger partial charge in [0.2, 0.25) is 0 Å². The molecule has 0 spiro atoms. The summed E-state index contributed by atoms with van der Waals surface area (Å²) in [5.41, 5.74) is 15.5. The van der Waals surface area contributed by atoms with Crippen molar-refractivity contribution in [1.82, 2.24) is 4.98 Å². The number of rotatable bonds is 7. The van der Waals surface area contributed by atoms with E-state index in [0.717, 1.165) is 104 Å². The second-order valence-corrected chi connectivity index (χ2v) is 16.1. The summed E-state index contributed by atoms with van der Waals surface area (Å²) in [6.45, 7) is 0. The van der Waals surface area contributed by atoms with Crippen LogP contribution in [-0.4, -0.2) is 4.98 Å². The summed E-state index contributed by atoms with van der Waals surface area (Å²) in [6, 6.07) is 72.7. The number of fused-ring (bicyclic) bond motifs is 8. The van der Waals surface area contributed by atoms with Gasteiger partial charge in [-0.1, -0.05) is 140 Å². The van der Waals surface area contributed by atoms with Crippen LogP contribution in [0.2, 0.25) is 0 Å². The maximum absolute atomic E-state index is 6.50. The number of aromatic nitrogens is 1. The van der Waals surface area contributed by atoms with Crippen LogP contribution in [0.3, 0.4) is 0 Å². The molecular formula is C55H34N2O2S. The Morgan fingerprint density at radius 2 is 1.02 bits per heavy atom. The monoisotopic (exact) mass is 786 g/mol. The minimum Gasteiger partial charge on any atom is -0.456 e. The Labute approximate surface area is 349 Å². The first-order valence-corrected chi connectivity index (χ1v) is 20.9. The van der Waals surface area contributed by atoms with Gasteiger partial charge in [0.15, 0.2) is 0 Å². The van der Waals surface area contributed by atoms with Gasteiger partial charge < -0.3 is 13.7 Å². The highest BCUT2D eigenvalue weighted by atomic mass is 32.1. The van der Waals surface area contributed by atoms with Crippen LogP contribution in [0.15, 0.2) is 215 Å². The Hall–Kier alpha value is -7.73. The normalized spacial score (nSPS) is 11.7. The molecule has 12 aromatic rings. The van der Waals surface area contributed by atoms with E-state index in [9.17, 15) is 0 Å². The molecule has 0 aliphatic heterocycles. The lowest BCUT2D eigenvalue weighted by Gasteiger charge is -2.26. The summed E-state index contributed by atoms with van der Waals surface area (Å²) in [7, 11) is 0. The van der Waals surface area contributed by atoms with Gasteiger partial charge in [0.25, 0.3) is 0 Å². The van der Waals surface area contributed by atoms with E-state index in [1.807, 2.05) is 18.2 Å². The smallest absolute Gasteiger partial charge is 0.143 e. The maximum atomic E-state index is 6.50. The number of furan rings is 2. The predicted molar refractivity (Wildman–Crippen MR) is 251 cm³/mol. The molecular weight excluding hydrogens is 753 g/mol. The molecule has 12 rings (SSSR count). The summed E-state index contributed by atoms with van der Waals surface area (Å²) in [6.07, 6.45) is 0. The van der Waals surface area contributed by atoms with Crippen LogP contribution in [-0.2, 0) is 0 Å². The zero-order chi connectivity index (χ0) is 39.6. The average Bonchev–Trinajstić information content (AvgIpc) is 4.04. The van der Waals surface area contributed by atoms with Crippen molar-refractivity contribution in [3.63, 3.8) is 0 Å². The zero-order valence-electron chi connectivity index (χ0n) is 32.2. The number of hydrogen-bond donors (Lipinski definition) is 0. The van der Waals surface area contributed by atoms with E-state index >= 15 is 0 Å². The first-order chi connectivity index (χ1) is 29.7. The van der Waals surface area contributed by atoms with Crippen LogP contribution in [0.5, 0.6) is 0 Å². The molecule has 4 nitrogen and oxygen atoms in total. The van der Waals surface area contributed by atoms with Gasteiger partial charge in [-0.25, -0.2) is 4.98 Å². The number of nitrogens with zero attached hydrogens (tertiary/aromatic N) is 2. The Bertz CT molecular complexity index is 3530. The molecule has 0 bridgehead atoms. The minimum atomic E-state index is 0.850. The highest BCUT2D eigenvalue weighted by Crippen LogP contribution is 2.43. The fourth-order valence-electron chi connectivity index (χ4n) is 8.61. The Morgan fingerprint density at radius 1 is 0.383 bits per heavy atom. The molecule has 60 heavy (non-hydrogen) atoms. The van der Waals surface area contributed by atoms with Gasteiger partial charge in [-0.3, -0.25) is 0 Å². The van der Waals surface area contributed by atoms with Gasteiger partial charge in [0, 0.05) is 44.3 Å². The molecule has 282 valence electrons. The van der Waals surface area contributed by atoms with Crippen LogP contribution >= 0.6 is 11.3 Å². The van der Waals surface area contributed by atoms with E-state index in [-0.39, 0.29) is 0 Å². The number of para-hydroxylation sites is 2. The molecule has 0 N–H and O–H groups in total. The molecule has 0 atom stereocenters. The van der Waals surface area contributed by atoms with Gasteiger partial charge in [-0.05, 0) is 94.5 Å². The molecule has 9 aromatic carbocycles. The van der Waals surface area contributed by atoms with Crippen molar-refractivity contribution in [3.8, 4) is 44.0 Å². The SMILES string of the molecule is c1ccc(-c2ccc(N(c3ccc(-c4ccc5c(c4)oc4ccc6sc(-c7ccccc7)nc6c45)cc3)c3cccc(-c4cccc5c4oc4ccccc45)c3)cc2)cc1. The molecule has 0 aliphatic rings.